The van der Waals surface area contributed by atoms with Gasteiger partial charge in [0.15, 0.2) is 5.96 Å². The van der Waals surface area contributed by atoms with E-state index in [-0.39, 0.29) is 24.0 Å². The molecule has 25 heavy (non-hydrogen) atoms. The highest BCUT2D eigenvalue weighted by Gasteiger charge is 2.27. The molecule has 2 atom stereocenters. The average molecular weight is 463 g/mol. The minimum atomic E-state index is 0. The molecule has 0 radical (unpaired) electrons. The normalized spacial score (nSPS) is 21.0. The summed E-state index contributed by atoms with van der Waals surface area (Å²) in [6, 6.07) is 4.35. The molecule has 144 valence electrons. The first-order chi connectivity index (χ1) is 11.8. The third-order valence-electron chi connectivity index (χ3n) is 4.78. The molecule has 1 aromatic heterocycles. The van der Waals surface area contributed by atoms with E-state index in [1.807, 2.05) is 12.1 Å². The zero-order valence-electron chi connectivity index (χ0n) is 15.8. The molecule has 0 aliphatic carbocycles. The van der Waals surface area contributed by atoms with Crippen molar-refractivity contribution in [3.8, 4) is 0 Å². The highest BCUT2D eigenvalue weighted by Crippen LogP contribution is 2.25. The van der Waals surface area contributed by atoms with Crippen LogP contribution in [0.25, 0.3) is 0 Å². The third-order valence-corrected chi connectivity index (χ3v) is 4.78. The highest BCUT2D eigenvalue weighted by molar-refractivity contribution is 14.0. The molecule has 0 saturated carbocycles. The molecule has 1 fully saturated rings. The van der Waals surface area contributed by atoms with Gasteiger partial charge >= 0.3 is 0 Å². The molecule has 1 aliphatic heterocycles. The molecule has 2 N–H and O–H groups in total. The van der Waals surface area contributed by atoms with Crippen LogP contribution in [0.4, 0.5) is 0 Å². The predicted octanol–water partition coefficient (Wildman–Crippen LogP) is 3.98. The molecule has 1 aromatic rings. The van der Waals surface area contributed by atoms with E-state index in [0.29, 0.717) is 18.1 Å². The summed E-state index contributed by atoms with van der Waals surface area (Å²) in [5.74, 6) is 2.54. The second-order valence-corrected chi connectivity index (χ2v) is 6.44. The molecule has 0 spiro atoms. The van der Waals surface area contributed by atoms with Crippen LogP contribution in [0.1, 0.15) is 52.2 Å². The van der Waals surface area contributed by atoms with E-state index < -0.39 is 0 Å². The maximum atomic E-state index is 6.01. The van der Waals surface area contributed by atoms with Crippen LogP contribution in [0, 0.1) is 5.92 Å². The van der Waals surface area contributed by atoms with E-state index in [1.165, 1.54) is 12.8 Å². The van der Waals surface area contributed by atoms with Crippen LogP contribution in [0.3, 0.4) is 0 Å². The Morgan fingerprint density at radius 1 is 1.32 bits per heavy atom. The van der Waals surface area contributed by atoms with Crippen LogP contribution in [0.2, 0.25) is 0 Å². The minimum Gasteiger partial charge on any atom is -0.469 e. The number of hydrogen-bond donors (Lipinski definition) is 2. The quantitative estimate of drug-likeness (QED) is 0.348. The van der Waals surface area contributed by atoms with Gasteiger partial charge in [-0.2, -0.15) is 0 Å². The molecule has 2 unspecified atom stereocenters. The molecule has 5 nitrogen and oxygen atoms in total. The van der Waals surface area contributed by atoms with Gasteiger partial charge in [0.2, 0.25) is 0 Å². The SMILES string of the molecule is CCNC(=NCCc1ccco1)NC1CCOC(C(CC)CC)C1.I. The van der Waals surface area contributed by atoms with Gasteiger partial charge < -0.3 is 19.8 Å². The Kier molecular flexibility index (Phi) is 11.2. The van der Waals surface area contributed by atoms with Crippen molar-refractivity contribution in [2.45, 2.75) is 65.0 Å². The number of nitrogens with zero attached hydrogens (tertiary/aromatic N) is 1. The Morgan fingerprint density at radius 2 is 2.12 bits per heavy atom. The molecule has 0 bridgehead atoms. The summed E-state index contributed by atoms with van der Waals surface area (Å²) in [6.07, 6.45) is 7.39. The number of rotatable bonds is 8. The molecule has 0 aromatic carbocycles. The molecule has 6 heteroatoms. The van der Waals surface area contributed by atoms with E-state index in [4.69, 9.17) is 9.15 Å². The lowest BCUT2D eigenvalue weighted by molar-refractivity contribution is -0.0324. The van der Waals surface area contributed by atoms with Crippen molar-refractivity contribution in [3.63, 3.8) is 0 Å². The van der Waals surface area contributed by atoms with Crippen LogP contribution in [0.5, 0.6) is 0 Å². The summed E-state index contributed by atoms with van der Waals surface area (Å²) in [5.41, 5.74) is 0. The fourth-order valence-electron chi connectivity index (χ4n) is 3.35. The summed E-state index contributed by atoms with van der Waals surface area (Å²) >= 11 is 0. The van der Waals surface area contributed by atoms with Gasteiger partial charge in [0.05, 0.1) is 12.4 Å². The van der Waals surface area contributed by atoms with Gasteiger partial charge in [-0.1, -0.05) is 26.7 Å². The number of hydrogen-bond acceptors (Lipinski definition) is 3. The number of guanidine groups is 1. The van der Waals surface area contributed by atoms with Crippen molar-refractivity contribution in [2.75, 3.05) is 19.7 Å². The monoisotopic (exact) mass is 463 g/mol. The fourth-order valence-corrected chi connectivity index (χ4v) is 3.35. The van der Waals surface area contributed by atoms with Crippen molar-refractivity contribution in [3.05, 3.63) is 24.2 Å². The molecule has 1 saturated heterocycles. The summed E-state index contributed by atoms with van der Waals surface area (Å²) < 4.78 is 11.4. The Hall–Kier alpha value is -0.760. The zero-order valence-corrected chi connectivity index (χ0v) is 18.1. The largest absolute Gasteiger partial charge is 0.469 e. The maximum Gasteiger partial charge on any atom is 0.191 e. The third kappa shape index (κ3) is 7.56. The fraction of sp³-hybridized carbons (Fsp3) is 0.737. The maximum absolute atomic E-state index is 6.01. The smallest absolute Gasteiger partial charge is 0.191 e. The van der Waals surface area contributed by atoms with Crippen LogP contribution in [-0.2, 0) is 11.2 Å². The Labute approximate surface area is 169 Å². The molecule has 2 rings (SSSR count). The number of furan rings is 1. The topological polar surface area (TPSA) is 58.8 Å². The van der Waals surface area contributed by atoms with Crippen LogP contribution in [0.15, 0.2) is 27.8 Å². The van der Waals surface area contributed by atoms with Gasteiger partial charge in [0.25, 0.3) is 0 Å². The van der Waals surface area contributed by atoms with Crippen LogP contribution < -0.4 is 10.6 Å². The Morgan fingerprint density at radius 3 is 2.76 bits per heavy atom. The van der Waals surface area contributed by atoms with E-state index in [1.54, 1.807) is 6.26 Å². The first-order valence-corrected chi connectivity index (χ1v) is 9.45. The predicted molar refractivity (Wildman–Crippen MR) is 114 cm³/mol. The number of ether oxygens (including phenoxy) is 1. The second-order valence-electron chi connectivity index (χ2n) is 6.44. The lowest BCUT2D eigenvalue weighted by Crippen LogP contribution is -2.48. The van der Waals surface area contributed by atoms with E-state index in [2.05, 4.69) is 36.4 Å². The first kappa shape index (κ1) is 22.3. The Bertz CT molecular complexity index is 475. The molecule has 1 aliphatic rings. The lowest BCUT2D eigenvalue weighted by Gasteiger charge is -2.35. The number of nitrogens with one attached hydrogen (secondary N) is 2. The van der Waals surface area contributed by atoms with Crippen LogP contribution in [-0.4, -0.2) is 37.8 Å². The molecule has 2 heterocycles. The summed E-state index contributed by atoms with van der Waals surface area (Å²) in [4.78, 5) is 4.69. The molecule has 0 amide bonds. The van der Waals surface area contributed by atoms with E-state index >= 15 is 0 Å². The second kappa shape index (κ2) is 12.6. The summed E-state index contributed by atoms with van der Waals surface area (Å²) in [6.45, 7) is 9.04. The van der Waals surface area contributed by atoms with Gasteiger partial charge in [0, 0.05) is 32.2 Å². The van der Waals surface area contributed by atoms with Crippen LogP contribution >= 0.6 is 24.0 Å². The van der Waals surface area contributed by atoms with Crippen molar-refractivity contribution in [1.82, 2.24) is 10.6 Å². The molecular formula is C19H34IN3O2. The first-order valence-electron chi connectivity index (χ1n) is 9.45. The van der Waals surface area contributed by atoms with E-state index in [0.717, 1.165) is 50.7 Å². The van der Waals surface area contributed by atoms with Gasteiger partial charge in [0.1, 0.15) is 5.76 Å². The minimum absolute atomic E-state index is 0. The standard InChI is InChI=1S/C19H33N3O2.HI/c1-4-15(5-2)18-14-16(10-13-24-18)22-19(20-6-3)21-11-9-17-8-7-12-23-17;/h7-8,12,15-16,18H,4-6,9-11,13-14H2,1-3H3,(H2,20,21,22);1H. The van der Waals surface area contributed by atoms with Crippen molar-refractivity contribution < 1.29 is 9.15 Å². The summed E-state index contributed by atoms with van der Waals surface area (Å²) in [5, 5.41) is 6.95. The van der Waals surface area contributed by atoms with Crippen molar-refractivity contribution >= 4 is 29.9 Å². The van der Waals surface area contributed by atoms with Crippen molar-refractivity contribution in [2.24, 2.45) is 10.9 Å². The number of aliphatic imine (C=N–C) groups is 1. The van der Waals surface area contributed by atoms with Gasteiger partial charge in [-0.05, 0) is 37.8 Å². The van der Waals surface area contributed by atoms with Gasteiger partial charge in [-0.3, -0.25) is 4.99 Å². The van der Waals surface area contributed by atoms with Gasteiger partial charge in [-0.25, -0.2) is 0 Å². The lowest BCUT2D eigenvalue weighted by atomic mass is 9.89. The highest BCUT2D eigenvalue weighted by atomic mass is 127. The Balaban J connectivity index is 0.00000312. The average Bonchev–Trinajstić information content (AvgIpc) is 3.10. The van der Waals surface area contributed by atoms with E-state index in [9.17, 15) is 0 Å². The molecular weight excluding hydrogens is 429 g/mol. The zero-order chi connectivity index (χ0) is 17.2. The van der Waals surface area contributed by atoms with Crippen molar-refractivity contribution in [1.29, 1.82) is 0 Å². The summed E-state index contributed by atoms with van der Waals surface area (Å²) in [7, 11) is 0. The van der Waals surface area contributed by atoms with Gasteiger partial charge in [-0.15, -0.1) is 24.0 Å². The number of halogens is 1.